The van der Waals surface area contributed by atoms with Gasteiger partial charge in [-0.05, 0) is 18.2 Å². The standard InChI is InChI=1S/C20H16N4O3S/c25-20(18-17-16(11-28-18)26-8-9-27-17)22-10-13-4-3-7-21-19(13)24-12-23-14-5-1-2-6-15(14)24/h1-7,11-12H,8-10H2,(H,22,25). The van der Waals surface area contributed by atoms with Crippen molar-refractivity contribution in [3.8, 4) is 17.3 Å². The minimum absolute atomic E-state index is 0.193. The lowest BCUT2D eigenvalue weighted by Crippen LogP contribution is -2.24. The van der Waals surface area contributed by atoms with Crippen molar-refractivity contribution in [2.45, 2.75) is 6.54 Å². The number of amides is 1. The molecule has 7 nitrogen and oxygen atoms in total. The second-order valence-corrected chi connectivity index (χ2v) is 7.11. The van der Waals surface area contributed by atoms with Crippen LogP contribution in [0.4, 0.5) is 0 Å². The van der Waals surface area contributed by atoms with Gasteiger partial charge in [-0.15, -0.1) is 11.3 Å². The molecule has 0 atom stereocenters. The highest BCUT2D eigenvalue weighted by Crippen LogP contribution is 2.39. The Labute approximate surface area is 164 Å². The second kappa shape index (κ2) is 6.97. The van der Waals surface area contributed by atoms with E-state index in [0.29, 0.717) is 36.1 Å². The number of fused-ring (bicyclic) bond motifs is 2. The zero-order valence-corrected chi connectivity index (χ0v) is 15.6. The maximum Gasteiger partial charge on any atom is 0.265 e. The Hall–Kier alpha value is -3.39. The quantitative estimate of drug-likeness (QED) is 0.577. The third-order valence-corrected chi connectivity index (χ3v) is 5.43. The van der Waals surface area contributed by atoms with E-state index in [1.54, 1.807) is 17.9 Å². The molecule has 140 valence electrons. The number of para-hydroxylation sites is 2. The summed E-state index contributed by atoms with van der Waals surface area (Å²) in [4.78, 5) is 22.1. The molecule has 0 saturated heterocycles. The van der Waals surface area contributed by atoms with Crippen molar-refractivity contribution in [3.05, 3.63) is 64.7 Å². The minimum Gasteiger partial charge on any atom is -0.485 e. The van der Waals surface area contributed by atoms with Gasteiger partial charge in [-0.25, -0.2) is 9.97 Å². The van der Waals surface area contributed by atoms with Crippen LogP contribution < -0.4 is 14.8 Å². The molecule has 4 aromatic rings. The lowest BCUT2D eigenvalue weighted by atomic mass is 10.2. The fourth-order valence-electron chi connectivity index (χ4n) is 3.19. The first-order chi connectivity index (χ1) is 13.8. The highest BCUT2D eigenvalue weighted by atomic mass is 32.1. The number of hydrogen-bond donors (Lipinski definition) is 1. The minimum atomic E-state index is -0.193. The van der Waals surface area contributed by atoms with Crippen LogP contribution >= 0.6 is 11.3 Å². The fraction of sp³-hybridized carbons (Fsp3) is 0.150. The number of benzene rings is 1. The molecule has 4 heterocycles. The summed E-state index contributed by atoms with van der Waals surface area (Å²) in [6, 6.07) is 11.7. The predicted octanol–water partition coefficient (Wildman–Crippen LogP) is 3.18. The maximum absolute atomic E-state index is 12.7. The molecule has 1 aliphatic heterocycles. The van der Waals surface area contributed by atoms with Crippen molar-refractivity contribution in [3.63, 3.8) is 0 Å². The van der Waals surface area contributed by atoms with Crippen LogP contribution in [0.25, 0.3) is 16.9 Å². The van der Waals surface area contributed by atoms with Crippen LogP contribution in [0.3, 0.4) is 0 Å². The highest BCUT2D eigenvalue weighted by molar-refractivity contribution is 7.12. The SMILES string of the molecule is O=C(NCc1cccnc1-n1cnc2ccccc21)c1scc2c1OCCO2. The Balaban J connectivity index is 1.41. The first-order valence-corrected chi connectivity index (χ1v) is 9.71. The molecule has 0 spiro atoms. The fourth-order valence-corrected chi connectivity index (χ4v) is 4.03. The van der Waals surface area contributed by atoms with E-state index in [-0.39, 0.29) is 5.91 Å². The summed E-state index contributed by atoms with van der Waals surface area (Å²) in [5.74, 6) is 1.71. The highest BCUT2D eigenvalue weighted by Gasteiger charge is 2.23. The van der Waals surface area contributed by atoms with Crippen molar-refractivity contribution in [1.29, 1.82) is 0 Å². The van der Waals surface area contributed by atoms with E-state index in [1.807, 2.05) is 41.0 Å². The second-order valence-electron chi connectivity index (χ2n) is 6.23. The molecular weight excluding hydrogens is 376 g/mol. The lowest BCUT2D eigenvalue weighted by molar-refractivity contribution is 0.0946. The van der Waals surface area contributed by atoms with Gasteiger partial charge in [-0.3, -0.25) is 9.36 Å². The summed E-state index contributed by atoms with van der Waals surface area (Å²) in [6.45, 7) is 1.29. The van der Waals surface area contributed by atoms with E-state index in [9.17, 15) is 4.79 Å². The Morgan fingerprint density at radius 3 is 3.00 bits per heavy atom. The zero-order valence-electron chi connectivity index (χ0n) is 14.8. The van der Waals surface area contributed by atoms with Crippen molar-refractivity contribution < 1.29 is 14.3 Å². The summed E-state index contributed by atoms with van der Waals surface area (Å²) in [6.07, 6.45) is 3.48. The smallest absolute Gasteiger partial charge is 0.265 e. The van der Waals surface area contributed by atoms with Crippen LogP contribution in [0.5, 0.6) is 11.5 Å². The summed E-state index contributed by atoms with van der Waals surface area (Å²) in [5, 5.41) is 4.77. The van der Waals surface area contributed by atoms with Crippen LogP contribution in [0.15, 0.2) is 54.3 Å². The maximum atomic E-state index is 12.7. The summed E-state index contributed by atoms with van der Waals surface area (Å²) in [7, 11) is 0. The van der Waals surface area contributed by atoms with Gasteiger partial charge >= 0.3 is 0 Å². The van der Waals surface area contributed by atoms with Gasteiger partial charge in [0, 0.05) is 23.7 Å². The molecule has 1 N–H and O–H groups in total. The Kier molecular flexibility index (Phi) is 4.17. The number of carbonyl (C=O) groups excluding carboxylic acids is 1. The third kappa shape index (κ3) is 2.87. The van der Waals surface area contributed by atoms with E-state index in [2.05, 4.69) is 15.3 Å². The van der Waals surface area contributed by atoms with Gasteiger partial charge in [-0.2, -0.15) is 0 Å². The molecule has 0 unspecified atom stereocenters. The van der Waals surface area contributed by atoms with E-state index in [0.717, 1.165) is 22.4 Å². The Morgan fingerprint density at radius 2 is 2.04 bits per heavy atom. The van der Waals surface area contributed by atoms with Crippen LogP contribution in [0.1, 0.15) is 15.2 Å². The van der Waals surface area contributed by atoms with Gasteiger partial charge in [0.05, 0.1) is 11.0 Å². The number of imidazole rings is 1. The summed E-state index contributed by atoms with van der Waals surface area (Å²) >= 11 is 1.32. The number of pyridine rings is 1. The van der Waals surface area contributed by atoms with Crippen LogP contribution in [0, 0.1) is 0 Å². The van der Waals surface area contributed by atoms with E-state index < -0.39 is 0 Å². The van der Waals surface area contributed by atoms with Gasteiger partial charge in [-0.1, -0.05) is 18.2 Å². The molecule has 0 fully saturated rings. The van der Waals surface area contributed by atoms with E-state index >= 15 is 0 Å². The number of ether oxygens (including phenoxy) is 2. The van der Waals surface area contributed by atoms with Gasteiger partial charge < -0.3 is 14.8 Å². The summed E-state index contributed by atoms with van der Waals surface area (Å²) < 4.78 is 13.0. The van der Waals surface area contributed by atoms with Gasteiger partial charge in [0.1, 0.15) is 30.2 Å². The number of hydrogen-bond acceptors (Lipinski definition) is 6. The first kappa shape index (κ1) is 16.8. The number of nitrogens with one attached hydrogen (secondary N) is 1. The van der Waals surface area contributed by atoms with Crippen molar-refractivity contribution in [2.75, 3.05) is 13.2 Å². The molecule has 0 saturated carbocycles. The molecule has 0 aliphatic carbocycles. The molecule has 1 aromatic carbocycles. The monoisotopic (exact) mass is 392 g/mol. The normalized spacial score (nSPS) is 12.9. The Morgan fingerprint density at radius 1 is 1.14 bits per heavy atom. The number of carbonyl (C=O) groups is 1. The number of rotatable bonds is 4. The van der Waals surface area contributed by atoms with E-state index in [1.165, 1.54) is 11.3 Å². The molecule has 28 heavy (non-hydrogen) atoms. The largest absolute Gasteiger partial charge is 0.485 e. The molecule has 3 aromatic heterocycles. The number of nitrogens with zero attached hydrogens (tertiary/aromatic N) is 3. The molecule has 8 heteroatoms. The van der Waals surface area contributed by atoms with E-state index in [4.69, 9.17) is 9.47 Å². The topological polar surface area (TPSA) is 78.3 Å². The van der Waals surface area contributed by atoms with Crippen molar-refractivity contribution in [2.24, 2.45) is 0 Å². The number of aromatic nitrogens is 3. The average molecular weight is 392 g/mol. The molecule has 0 radical (unpaired) electrons. The van der Waals surface area contributed by atoms with Crippen LogP contribution in [-0.4, -0.2) is 33.7 Å². The molecule has 0 bridgehead atoms. The van der Waals surface area contributed by atoms with Crippen LogP contribution in [-0.2, 0) is 6.54 Å². The molecular formula is C20H16N4O3S. The van der Waals surface area contributed by atoms with Gasteiger partial charge in [0.25, 0.3) is 5.91 Å². The number of thiophene rings is 1. The first-order valence-electron chi connectivity index (χ1n) is 8.83. The predicted molar refractivity (Wildman–Crippen MR) is 105 cm³/mol. The Bertz CT molecular complexity index is 1170. The lowest BCUT2D eigenvalue weighted by Gasteiger charge is -2.16. The third-order valence-electron chi connectivity index (χ3n) is 4.50. The van der Waals surface area contributed by atoms with Gasteiger partial charge in [0.2, 0.25) is 0 Å². The molecule has 5 rings (SSSR count). The van der Waals surface area contributed by atoms with Crippen LogP contribution in [0.2, 0.25) is 0 Å². The molecule has 1 amide bonds. The van der Waals surface area contributed by atoms with Gasteiger partial charge in [0.15, 0.2) is 11.5 Å². The molecule has 1 aliphatic rings. The van der Waals surface area contributed by atoms with Crippen molar-refractivity contribution in [1.82, 2.24) is 19.9 Å². The summed E-state index contributed by atoms with van der Waals surface area (Å²) in [5.41, 5.74) is 2.75. The van der Waals surface area contributed by atoms with Crippen molar-refractivity contribution >= 4 is 28.3 Å². The average Bonchev–Trinajstić information content (AvgIpc) is 3.37. The zero-order chi connectivity index (χ0) is 18.9.